The molecule has 2 heteroatoms. The van der Waals surface area contributed by atoms with Gasteiger partial charge in [0.2, 0.25) is 0 Å². The quantitative estimate of drug-likeness (QED) is 0.714. The summed E-state index contributed by atoms with van der Waals surface area (Å²) >= 11 is 0. The van der Waals surface area contributed by atoms with Gasteiger partial charge in [-0.25, -0.2) is 0 Å². The van der Waals surface area contributed by atoms with Gasteiger partial charge in [-0.15, -0.1) is 0 Å². The molecule has 0 bridgehead atoms. The van der Waals surface area contributed by atoms with Gasteiger partial charge in [0.1, 0.15) is 11.4 Å². The Bertz CT molecular complexity index is 300. The van der Waals surface area contributed by atoms with Crippen LogP contribution in [0, 0.1) is 6.92 Å². The third kappa shape index (κ3) is 8.61. The van der Waals surface area contributed by atoms with Crippen molar-refractivity contribution in [1.82, 2.24) is 0 Å². The minimum absolute atomic E-state index is 0.193. The van der Waals surface area contributed by atoms with Crippen LogP contribution < -0.4 is 10.5 Å². The summed E-state index contributed by atoms with van der Waals surface area (Å²) in [5, 5.41) is 0. The molecule has 0 unspecified atom stereocenters. The van der Waals surface area contributed by atoms with Gasteiger partial charge >= 0.3 is 0 Å². The Kier molecular flexibility index (Phi) is 9.54. The van der Waals surface area contributed by atoms with Crippen LogP contribution in [0.4, 0.5) is 5.69 Å². The fraction of sp³-hybridized carbons (Fsp3) is 0.600. The largest absolute Gasteiger partial charge is 0.486 e. The first-order valence-corrected chi connectivity index (χ1v) is 6.43. The summed E-state index contributed by atoms with van der Waals surface area (Å²) in [6.07, 6.45) is 0. The molecule has 0 heterocycles. The lowest BCUT2D eigenvalue weighted by Gasteiger charge is -2.22. The summed E-state index contributed by atoms with van der Waals surface area (Å²) in [5.74, 6) is 0.771. The fourth-order valence-corrected chi connectivity index (χ4v) is 1.06. The molecule has 2 nitrogen and oxygen atoms in total. The number of nitrogens with two attached hydrogens (primary N) is 1. The van der Waals surface area contributed by atoms with Gasteiger partial charge < -0.3 is 10.5 Å². The molecular weight excluding hydrogens is 210 g/mol. The van der Waals surface area contributed by atoms with Crippen LogP contribution in [-0.2, 0) is 0 Å². The maximum atomic E-state index is 5.77. The molecule has 0 aliphatic carbocycles. The number of nitrogen functional groups attached to an aromatic ring is 1. The van der Waals surface area contributed by atoms with Crippen LogP contribution in [0.1, 0.15) is 54.0 Å². The van der Waals surface area contributed by atoms with Crippen molar-refractivity contribution in [3.05, 3.63) is 23.8 Å². The van der Waals surface area contributed by atoms with E-state index < -0.39 is 0 Å². The number of hydrogen-bond donors (Lipinski definition) is 1. The van der Waals surface area contributed by atoms with Crippen LogP contribution in [-0.4, -0.2) is 5.60 Å². The summed E-state index contributed by atoms with van der Waals surface area (Å²) in [6.45, 7) is 16.0. The van der Waals surface area contributed by atoms with Gasteiger partial charge in [0.05, 0.1) is 5.69 Å². The second kappa shape index (κ2) is 8.91. The zero-order chi connectivity index (χ0) is 14.1. The SMILES string of the molecule is CC.CC.Cc1ccc(N)c(OC(C)(C)C)c1. The summed E-state index contributed by atoms with van der Waals surface area (Å²) in [4.78, 5) is 0. The Labute approximate surface area is 107 Å². The third-order valence-corrected chi connectivity index (χ3v) is 1.59. The Balaban J connectivity index is 0. The lowest BCUT2D eigenvalue weighted by molar-refractivity contribution is 0.132. The van der Waals surface area contributed by atoms with Crippen molar-refractivity contribution in [2.24, 2.45) is 0 Å². The van der Waals surface area contributed by atoms with E-state index in [9.17, 15) is 0 Å². The molecule has 0 aliphatic rings. The molecule has 1 aromatic rings. The standard InChI is InChI=1S/C11H17NO.2C2H6/c1-8-5-6-9(12)10(7-8)13-11(2,3)4;2*1-2/h5-7H,12H2,1-4H3;2*1-2H3. The Morgan fingerprint density at radius 3 is 1.88 bits per heavy atom. The second-order valence-electron chi connectivity index (χ2n) is 4.26. The highest BCUT2D eigenvalue weighted by Crippen LogP contribution is 2.26. The van der Waals surface area contributed by atoms with E-state index in [1.165, 1.54) is 0 Å². The van der Waals surface area contributed by atoms with E-state index in [2.05, 4.69) is 0 Å². The van der Waals surface area contributed by atoms with Gasteiger partial charge in [0.25, 0.3) is 0 Å². The molecule has 0 saturated heterocycles. The number of anilines is 1. The van der Waals surface area contributed by atoms with Gasteiger partial charge in [-0.05, 0) is 45.4 Å². The fourth-order valence-electron chi connectivity index (χ4n) is 1.06. The molecule has 0 atom stereocenters. The third-order valence-electron chi connectivity index (χ3n) is 1.59. The first-order chi connectivity index (χ1) is 7.88. The van der Waals surface area contributed by atoms with Gasteiger partial charge in [-0.2, -0.15) is 0 Å². The average molecular weight is 239 g/mol. The first kappa shape index (κ1) is 18.2. The summed E-state index contributed by atoms with van der Waals surface area (Å²) in [6, 6.07) is 5.81. The maximum Gasteiger partial charge on any atom is 0.143 e. The molecule has 0 saturated carbocycles. The molecule has 0 radical (unpaired) electrons. The summed E-state index contributed by atoms with van der Waals surface area (Å²) < 4.78 is 5.69. The Hall–Kier alpha value is -1.18. The van der Waals surface area contributed by atoms with E-state index in [4.69, 9.17) is 10.5 Å². The minimum Gasteiger partial charge on any atom is -0.486 e. The topological polar surface area (TPSA) is 35.2 Å². The van der Waals surface area contributed by atoms with E-state index in [0.717, 1.165) is 11.3 Å². The van der Waals surface area contributed by atoms with Crippen LogP contribution in [0.2, 0.25) is 0 Å². The average Bonchev–Trinajstić information content (AvgIpc) is 2.27. The molecule has 17 heavy (non-hydrogen) atoms. The molecule has 1 aromatic carbocycles. The normalized spacial score (nSPS) is 9.41. The number of hydrogen-bond acceptors (Lipinski definition) is 2. The highest BCUT2D eigenvalue weighted by atomic mass is 16.5. The lowest BCUT2D eigenvalue weighted by atomic mass is 10.1. The van der Waals surface area contributed by atoms with Crippen molar-refractivity contribution in [1.29, 1.82) is 0 Å². The van der Waals surface area contributed by atoms with E-state index in [0.29, 0.717) is 5.69 Å². The van der Waals surface area contributed by atoms with Gasteiger partial charge in [0.15, 0.2) is 0 Å². The highest BCUT2D eigenvalue weighted by molar-refractivity contribution is 5.53. The Morgan fingerprint density at radius 2 is 1.47 bits per heavy atom. The van der Waals surface area contributed by atoms with Crippen molar-refractivity contribution < 1.29 is 4.74 Å². The van der Waals surface area contributed by atoms with Crippen molar-refractivity contribution in [2.45, 2.75) is 61.0 Å². The molecule has 0 fully saturated rings. The maximum absolute atomic E-state index is 5.77. The Morgan fingerprint density at radius 1 is 1.00 bits per heavy atom. The van der Waals surface area contributed by atoms with Crippen LogP contribution >= 0.6 is 0 Å². The van der Waals surface area contributed by atoms with Crippen LogP contribution in [0.15, 0.2) is 18.2 Å². The smallest absolute Gasteiger partial charge is 0.143 e. The molecule has 0 spiro atoms. The van der Waals surface area contributed by atoms with Crippen molar-refractivity contribution >= 4 is 5.69 Å². The van der Waals surface area contributed by atoms with E-state index in [1.807, 2.05) is 73.6 Å². The van der Waals surface area contributed by atoms with Crippen LogP contribution in [0.5, 0.6) is 5.75 Å². The zero-order valence-electron chi connectivity index (χ0n) is 12.7. The van der Waals surface area contributed by atoms with Gasteiger partial charge in [-0.1, -0.05) is 33.8 Å². The number of benzene rings is 1. The van der Waals surface area contributed by atoms with E-state index >= 15 is 0 Å². The van der Waals surface area contributed by atoms with Crippen molar-refractivity contribution in [2.75, 3.05) is 5.73 Å². The van der Waals surface area contributed by atoms with Crippen molar-refractivity contribution in [3.63, 3.8) is 0 Å². The molecule has 100 valence electrons. The van der Waals surface area contributed by atoms with E-state index in [-0.39, 0.29) is 5.60 Å². The minimum atomic E-state index is -0.193. The van der Waals surface area contributed by atoms with Crippen molar-refractivity contribution in [3.8, 4) is 5.75 Å². The molecule has 0 amide bonds. The molecule has 0 aliphatic heterocycles. The second-order valence-corrected chi connectivity index (χ2v) is 4.26. The molecule has 2 N–H and O–H groups in total. The number of aryl methyl sites for hydroxylation is 1. The predicted molar refractivity (Wildman–Crippen MR) is 78.7 cm³/mol. The zero-order valence-corrected chi connectivity index (χ0v) is 12.7. The molecule has 1 rings (SSSR count). The molecular formula is C15H29NO. The summed E-state index contributed by atoms with van der Waals surface area (Å²) in [5.41, 5.74) is 7.43. The van der Waals surface area contributed by atoms with Gasteiger partial charge in [-0.3, -0.25) is 0 Å². The van der Waals surface area contributed by atoms with E-state index in [1.54, 1.807) is 0 Å². The molecule has 0 aromatic heterocycles. The highest BCUT2D eigenvalue weighted by Gasteiger charge is 2.13. The first-order valence-electron chi connectivity index (χ1n) is 6.43. The number of rotatable bonds is 1. The summed E-state index contributed by atoms with van der Waals surface area (Å²) in [7, 11) is 0. The number of ether oxygens (including phenoxy) is 1. The lowest BCUT2D eigenvalue weighted by Crippen LogP contribution is -2.23. The van der Waals surface area contributed by atoms with Crippen LogP contribution in [0.3, 0.4) is 0 Å². The van der Waals surface area contributed by atoms with Crippen LogP contribution in [0.25, 0.3) is 0 Å². The van der Waals surface area contributed by atoms with Gasteiger partial charge in [0, 0.05) is 0 Å². The monoisotopic (exact) mass is 239 g/mol. The predicted octanol–water partition coefficient (Wildman–Crippen LogP) is 4.81.